The maximum atomic E-state index is 9.55. The summed E-state index contributed by atoms with van der Waals surface area (Å²) in [6.07, 6.45) is 0.874. The fourth-order valence-corrected chi connectivity index (χ4v) is 0.875. The molecule has 0 aliphatic carbocycles. The van der Waals surface area contributed by atoms with Gasteiger partial charge in [0.25, 0.3) is 0 Å². The minimum atomic E-state index is -0.890. The van der Waals surface area contributed by atoms with Crippen molar-refractivity contribution in [2.75, 3.05) is 0 Å². The fraction of sp³-hybridized carbons (Fsp3) is 0.556. The highest BCUT2D eigenvalue weighted by Gasteiger charge is 2.17. The molecule has 1 aromatic heterocycles. The summed E-state index contributed by atoms with van der Waals surface area (Å²) in [5.74, 6) is 0. The molecule has 1 N–H and O–H groups in total. The van der Waals surface area contributed by atoms with Crippen molar-refractivity contribution in [2.45, 2.75) is 32.8 Å². The highest BCUT2D eigenvalue weighted by molar-refractivity contribution is 5.11. The third-order valence-corrected chi connectivity index (χ3v) is 1.71. The van der Waals surface area contributed by atoms with Crippen LogP contribution in [0, 0.1) is 0 Å². The van der Waals surface area contributed by atoms with Gasteiger partial charge in [-0.25, -0.2) is 0 Å². The molecule has 3 nitrogen and oxygen atoms in total. The number of aromatic nitrogens is 2. The minimum Gasteiger partial charge on any atom is -0.384 e. The Kier molecular flexibility index (Phi) is 2.43. The lowest BCUT2D eigenvalue weighted by Gasteiger charge is -2.15. The van der Waals surface area contributed by atoms with E-state index < -0.39 is 5.60 Å². The summed E-state index contributed by atoms with van der Waals surface area (Å²) in [4.78, 5) is 0. The number of nitrogens with zero attached hydrogens (tertiary/aromatic N) is 2. The topological polar surface area (TPSA) is 46.0 Å². The lowest BCUT2D eigenvalue weighted by Crippen LogP contribution is -2.18. The van der Waals surface area contributed by atoms with Crippen molar-refractivity contribution >= 4 is 0 Å². The van der Waals surface area contributed by atoms with E-state index in [2.05, 4.69) is 10.2 Å². The average Bonchev–Trinajstić information content (AvgIpc) is 2.03. The van der Waals surface area contributed by atoms with E-state index in [1.54, 1.807) is 13.8 Å². The van der Waals surface area contributed by atoms with Gasteiger partial charge in [0.15, 0.2) is 0 Å². The molecule has 0 bridgehead atoms. The summed E-state index contributed by atoms with van der Waals surface area (Å²) in [7, 11) is 0. The third-order valence-electron chi connectivity index (χ3n) is 1.71. The number of rotatable bonds is 2. The quantitative estimate of drug-likeness (QED) is 0.719. The Balaban J connectivity index is 2.93. The summed E-state index contributed by atoms with van der Waals surface area (Å²) < 4.78 is 0. The Hall–Kier alpha value is -0.960. The Morgan fingerprint density at radius 1 is 1.33 bits per heavy atom. The largest absolute Gasteiger partial charge is 0.384 e. The van der Waals surface area contributed by atoms with Gasteiger partial charge in [0.1, 0.15) is 5.60 Å². The molecule has 12 heavy (non-hydrogen) atoms. The van der Waals surface area contributed by atoms with Crippen molar-refractivity contribution in [3.63, 3.8) is 0 Å². The van der Waals surface area contributed by atoms with Gasteiger partial charge in [0.2, 0.25) is 0 Å². The Labute approximate surface area is 72.5 Å². The first kappa shape index (κ1) is 9.13. The number of aliphatic hydroxyl groups is 1. The van der Waals surface area contributed by atoms with Crippen LogP contribution in [0.3, 0.4) is 0 Å². The first-order valence-electron chi connectivity index (χ1n) is 4.09. The van der Waals surface area contributed by atoms with Crippen LogP contribution in [-0.2, 0) is 12.0 Å². The second-order valence-electron chi connectivity index (χ2n) is 3.32. The first-order valence-corrected chi connectivity index (χ1v) is 4.09. The van der Waals surface area contributed by atoms with Gasteiger partial charge >= 0.3 is 0 Å². The summed E-state index contributed by atoms with van der Waals surface area (Å²) in [5.41, 5.74) is 0.668. The molecule has 0 spiro atoms. The molecule has 3 heteroatoms. The molecule has 1 aromatic rings. The number of hydrogen-bond acceptors (Lipinski definition) is 3. The van der Waals surface area contributed by atoms with Crippen LogP contribution in [0.15, 0.2) is 12.1 Å². The average molecular weight is 166 g/mol. The molecule has 1 rings (SSSR count). The summed E-state index contributed by atoms with van der Waals surface area (Å²) in [5, 5.41) is 17.4. The number of hydrogen-bond donors (Lipinski definition) is 1. The van der Waals surface area contributed by atoms with Crippen molar-refractivity contribution in [1.29, 1.82) is 0 Å². The van der Waals surface area contributed by atoms with Crippen molar-refractivity contribution in [3.8, 4) is 0 Å². The Bertz CT molecular complexity index is 248. The zero-order chi connectivity index (χ0) is 9.19. The molecule has 0 saturated carbocycles. The number of aryl methyl sites for hydroxylation is 1. The molecular weight excluding hydrogens is 152 g/mol. The molecule has 0 atom stereocenters. The molecule has 0 radical (unpaired) electrons. The van der Waals surface area contributed by atoms with E-state index in [9.17, 15) is 5.11 Å². The van der Waals surface area contributed by atoms with Gasteiger partial charge in [-0.3, -0.25) is 0 Å². The summed E-state index contributed by atoms with van der Waals surface area (Å²) in [6, 6.07) is 3.70. The molecule has 66 valence electrons. The lowest BCUT2D eigenvalue weighted by atomic mass is 10.1. The minimum absolute atomic E-state index is 0.611. The molecule has 0 aromatic carbocycles. The van der Waals surface area contributed by atoms with E-state index in [1.807, 2.05) is 19.1 Å². The van der Waals surface area contributed by atoms with Crippen LogP contribution in [0.1, 0.15) is 32.2 Å². The summed E-state index contributed by atoms with van der Waals surface area (Å²) in [6.45, 7) is 5.42. The maximum absolute atomic E-state index is 9.55. The maximum Gasteiger partial charge on any atom is 0.103 e. The molecule has 0 fully saturated rings. The van der Waals surface area contributed by atoms with Crippen LogP contribution < -0.4 is 0 Å². The fourth-order valence-electron chi connectivity index (χ4n) is 0.875. The lowest BCUT2D eigenvalue weighted by molar-refractivity contribution is 0.0727. The van der Waals surface area contributed by atoms with Crippen LogP contribution in [0.2, 0.25) is 0 Å². The van der Waals surface area contributed by atoms with Crippen molar-refractivity contribution in [1.82, 2.24) is 10.2 Å². The SMILES string of the molecule is CCc1ccc(C(C)(C)O)nn1. The van der Waals surface area contributed by atoms with Gasteiger partial charge in [-0.15, -0.1) is 0 Å². The van der Waals surface area contributed by atoms with Crippen LogP contribution in [0.25, 0.3) is 0 Å². The summed E-state index contributed by atoms with van der Waals surface area (Å²) >= 11 is 0. The highest BCUT2D eigenvalue weighted by atomic mass is 16.3. The second-order valence-corrected chi connectivity index (χ2v) is 3.32. The van der Waals surface area contributed by atoms with Gasteiger partial charge in [-0.1, -0.05) is 6.92 Å². The van der Waals surface area contributed by atoms with E-state index in [4.69, 9.17) is 0 Å². The predicted molar refractivity (Wildman–Crippen MR) is 46.7 cm³/mol. The van der Waals surface area contributed by atoms with Gasteiger partial charge in [0.05, 0.1) is 11.4 Å². The van der Waals surface area contributed by atoms with Crippen LogP contribution in [0.4, 0.5) is 0 Å². The van der Waals surface area contributed by atoms with E-state index in [0.29, 0.717) is 5.69 Å². The van der Waals surface area contributed by atoms with E-state index in [0.717, 1.165) is 12.1 Å². The van der Waals surface area contributed by atoms with Gasteiger partial charge in [-0.05, 0) is 32.4 Å². The molecule has 0 aliphatic rings. The monoisotopic (exact) mass is 166 g/mol. The van der Waals surface area contributed by atoms with Crippen LogP contribution >= 0.6 is 0 Å². The molecular formula is C9H14N2O. The Morgan fingerprint density at radius 2 is 2.00 bits per heavy atom. The molecule has 0 saturated heterocycles. The second kappa shape index (κ2) is 3.19. The van der Waals surface area contributed by atoms with E-state index in [1.165, 1.54) is 0 Å². The molecule has 0 aliphatic heterocycles. The van der Waals surface area contributed by atoms with Crippen molar-refractivity contribution < 1.29 is 5.11 Å². The van der Waals surface area contributed by atoms with Crippen LogP contribution in [0.5, 0.6) is 0 Å². The third kappa shape index (κ3) is 2.01. The van der Waals surface area contributed by atoms with Crippen molar-refractivity contribution in [3.05, 3.63) is 23.5 Å². The zero-order valence-electron chi connectivity index (χ0n) is 7.70. The molecule has 0 unspecified atom stereocenters. The smallest absolute Gasteiger partial charge is 0.103 e. The van der Waals surface area contributed by atoms with Gasteiger partial charge < -0.3 is 5.11 Å². The first-order chi connectivity index (χ1) is 5.54. The zero-order valence-corrected chi connectivity index (χ0v) is 7.70. The van der Waals surface area contributed by atoms with E-state index in [-0.39, 0.29) is 0 Å². The molecule has 1 heterocycles. The van der Waals surface area contributed by atoms with Gasteiger partial charge in [0, 0.05) is 0 Å². The highest BCUT2D eigenvalue weighted by Crippen LogP contribution is 2.15. The predicted octanol–water partition coefficient (Wildman–Crippen LogP) is 1.27. The van der Waals surface area contributed by atoms with Gasteiger partial charge in [-0.2, -0.15) is 10.2 Å². The standard InChI is InChI=1S/C9H14N2O/c1-4-7-5-6-8(11-10-7)9(2,3)12/h5-6,12H,4H2,1-3H3. The van der Waals surface area contributed by atoms with E-state index >= 15 is 0 Å². The van der Waals surface area contributed by atoms with Crippen LogP contribution in [-0.4, -0.2) is 15.3 Å². The normalized spacial score (nSPS) is 11.7. The Morgan fingerprint density at radius 3 is 2.33 bits per heavy atom. The van der Waals surface area contributed by atoms with Crippen molar-refractivity contribution in [2.24, 2.45) is 0 Å². The molecule has 0 amide bonds.